The molecule has 2 aromatic rings. The zero-order chi connectivity index (χ0) is 16.4. The highest BCUT2D eigenvalue weighted by Crippen LogP contribution is 2.36. The van der Waals surface area contributed by atoms with Crippen molar-refractivity contribution in [3.63, 3.8) is 0 Å². The predicted octanol–water partition coefficient (Wildman–Crippen LogP) is 2.46. The summed E-state index contributed by atoms with van der Waals surface area (Å²) in [6.45, 7) is 6.80. The third kappa shape index (κ3) is 2.64. The quantitative estimate of drug-likeness (QED) is 0.874. The number of ether oxygens (including phenoxy) is 1. The van der Waals surface area contributed by atoms with Crippen LogP contribution in [0.3, 0.4) is 0 Å². The lowest BCUT2D eigenvalue weighted by atomic mass is 10.1. The summed E-state index contributed by atoms with van der Waals surface area (Å²) in [5, 5.41) is 0.498. The summed E-state index contributed by atoms with van der Waals surface area (Å²) in [6, 6.07) is 1.63. The van der Waals surface area contributed by atoms with Gasteiger partial charge >= 0.3 is 5.97 Å². The molecule has 0 bridgehead atoms. The maximum absolute atomic E-state index is 12.5. The summed E-state index contributed by atoms with van der Waals surface area (Å²) in [5.41, 5.74) is 7.46. The fourth-order valence-corrected chi connectivity index (χ4v) is 3.46. The Labute approximate surface area is 132 Å². The summed E-state index contributed by atoms with van der Waals surface area (Å²) < 4.78 is 4.80. The number of nitrogens with zero attached hydrogens (tertiary/aromatic N) is 2. The van der Waals surface area contributed by atoms with E-state index in [4.69, 9.17) is 10.5 Å². The molecule has 0 spiro atoms. The van der Waals surface area contributed by atoms with Crippen LogP contribution in [0.15, 0.2) is 6.07 Å². The number of fused-ring (bicyclic) bond motifs is 1. The van der Waals surface area contributed by atoms with Crippen LogP contribution in [0, 0.1) is 6.92 Å². The van der Waals surface area contributed by atoms with E-state index in [0.29, 0.717) is 45.1 Å². The molecule has 2 N–H and O–H groups in total. The average molecular weight is 321 g/mol. The zero-order valence-electron chi connectivity index (χ0n) is 13.1. The van der Waals surface area contributed by atoms with E-state index < -0.39 is 5.97 Å². The second kappa shape index (κ2) is 6.31. The van der Waals surface area contributed by atoms with Gasteiger partial charge in [-0.05, 0) is 26.8 Å². The number of hydrogen-bond donors (Lipinski definition) is 1. The second-order valence-electron chi connectivity index (χ2n) is 4.81. The number of nitrogens with two attached hydrogens (primary N) is 1. The van der Waals surface area contributed by atoms with E-state index in [9.17, 15) is 9.59 Å². The molecule has 0 saturated carbocycles. The number of esters is 1. The number of anilines is 1. The molecule has 0 unspecified atom stereocenters. The van der Waals surface area contributed by atoms with Gasteiger partial charge in [0.2, 0.25) is 0 Å². The van der Waals surface area contributed by atoms with Gasteiger partial charge in [-0.3, -0.25) is 4.79 Å². The number of hydrogen-bond acceptors (Lipinski definition) is 6. The lowest BCUT2D eigenvalue weighted by Crippen LogP contribution is -2.30. The fourth-order valence-electron chi connectivity index (χ4n) is 2.33. The minimum Gasteiger partial charge on any atom is -0.465 e. The largest absolute Gasteiger partial charge is 0.465 e. The average Bonchev–Trinajstić information content (AvgIpc) is 2.83. The third-order valence-corrected chi connectivity index (χ3v) is 4.56. The van der Waals surface area contributed by atoms with Gasteiger partial charge in [0.25, 0.3) is 5.91 Å². The Hall–Kier alpha value is -2.15. The van der Waals surface area contributed by atoms with Crippen molar-refractivity contribution in [3.05, 3.63) is 22.2 Å². The fraction of sp³-hybridized carbons (Fsp3) is 0.400. The number of aromatic nitrogens is 1. The highest BCUT2D eigenvalue weighted by molar-refractivity contribution is 7.21. The van der Waals surface area contributed by atoms with Crippen molar-refractivity contribution in [2.24, 2.45) is 0 Å². The number of carbonyl (C=O) groups is 2. The highest BCUT2D eigenvalue weighted by atomic mass is 32.1. The number of nitrogen functional groups attached to an aromatic ring is 1. The molecular formula is C15H19N3O3S. The van der Waals surface area contributed by atoms with Gasteiger partial charge in [-0.1, -0.05) is 0 Å². The van der Waals surface area contributed by atoms with Crippen LogP contribution in [0.2, 0.25) is 0 Å². The molecule has 22 heavy (non-hydrogen) atoms. The first kappa shape index (κ1) is 16.2. The topological polar surface area (TPSA) is 85.5 Å². The van der Waals surface area contributed by atoms with E-state index in [2.05, 4.69) is 4.98 Å². The molecular weight excluding hydrogens is 302 g/mol. The van der Waals surface area contributed by atoms with Gasteiger partial charge in [0.05, 0.1) is 18.4 Å². The van der Waals surface area contributed by atoms with Crippen LogP contribution < -0.4 is 5.73 Å². The molecule has 2 rings (SSSR count). The molecule has 2 heterocycles. The number of methoxy groups -OCH3 is 1. The standard InChI is InChI=1S/C15H19N3O3S/c1-5-18(6-2)14(19)12-11(16)10-9(15(20)21-4)7-8(3)17-13(10)22-12/h7H,5-6,16H2,1-4H3. The molecule has 0 aromatic carbocycles. The number of thiophene rings is 1. The molecule has 0 aliphatic heterocycles. The zero-order valence-corrected chi connectivity index (χ0v) is 13.9. The van der Waals surface area contributed by atoms with E-state index in [0.717, 1.165) is 0 Å². The van der Waals surface area contributed by atoms with E-state index >= 15 is 0 Å². The van der Waals surface area contributed by atoms with E-state index in [1.807, 2.05) is 13.8 Å². The number of amides is 1. The van der Waals surface area contributed by atoms with Gasteiger partial charge in [0.1, 0.15) is 9.71 Å². The molecule has 6 nitrogen and oxygen atoms in total. The minimum atomic E-state index is -0.484. The Kier molecular flexibility index (Phi) is 4.65. The van der Waals surface area contributed by atoms with Gasteiger partial charge in [-0.15, -0.1) is 11.3 Å². The number of rotatable bonds is 4. The SMILES string of the molecule is CCN(CC)C(=O)c1sc2nc(C)cc(C(=O)OC)c2c1N. The highest BCUT2D eigenvalue weighted by Gasteiger charge is 2.25. The number of carbonyl (C=O) groups excluding carboxylic acids is 2. The van der Waals surface area contributed by atoms with E-state index in [-0.39, 0.29) is 5.91 Å². The van der Waals surface area contributed by atoms with E-state index in [1.165, 1.54) is 18.4 Å². The summed E-state index contributed by atoms with van der Waals surface area (Å²) in [7, 11) is 1.31. The van der Waals surface area contributed by atoms with Gasteiger partial charge < -0.3 is 15.4 Å². The minimum absolute atomic E-state index is 0.140. The maximum atomic E-state index is 12.5. The molecule has 0 aliphatic carbocycles. The van der Waals surface area contributed by atoms with Crippen LogP contribution in [0.5, 0.6) is 0 Å². The molecule has 0 fully saturated rings. The van der Waals surface area contributed by atoms with Crippen LogP contribution in [0.25, 0.3) is 10.2 Å². The molecule has 7 heteroatoms. The Bertz CT molecular complexity index is 735. The van der Waals surface area contributed by atoms with Gasteiger partial charge in [-0.25, -0.2) is 9.78 Å². The van der Waals surface area contributed by atoms with Gasteiger partial charge in [0, 0.05) is 24.2 Å². The Morgan fingerprint density at radius 1 is 1.36 bits per heavy atom. The number of pyridine rings is 1. The van der Waals surface area contributed by atoms with Crippen molar-refractivity contribution in [2.75, 3.05) is 25.9 Å². The Morgan fingerprint density at radius 3 is 2.55 bits per heavy atom. The van der Waals surface area contributed by atoms with Crippen LogP contribution >= 0.6 is 11.3 Å². The molecule has 0 saturated heterocycles. The second-order valence-corrected chi connectivity index (χ2v) is 5.80. The molecule has 2 aromatic heterocycles. The maximum Gasteiger partial charge on any atom is 0.338 e. The first-order valence-electron chi connectivity index (χ1n) is 7.01. The smallest absolute Gasteiger partial charge is 0.338 e. The lowest BCUT2D eigenvalue weighted by molar-refractivity contribution is 0.0602. The van der Waals surface area contributed by atoms with Crippen molar-refractivity contribution >= 4 is 39.1 Å². The van der Waals surface area contributed by atoms with Gasteiger partial charge in [0.15, 0.2) is 0 Å². The molecule has 0 aliphatic rings. The number of aryl methyl sites for hydroxylation is 1. The predicted molar refractivity (Wildman–Crippen MR) is 87.4 cm³/mol. The molecule has 1 amide bonds. The summed E-state index contributed by atoms with van der Waals surface area (Å²) in [6.07, 6.45) is 0. The monoisotopic (exact) mass is 321 g/mol. The van der Waals surface area contributed by atoms with Crippen LogP contribution in [-0.4, -0.2) is 42.0 Å². The molecule has 118 valence electrons. The van der Waals surface area contributed by atoms with Crippen LogP contribution in [0.1, 0.15) is 39.6 Å². The third-order valence-electron chi connectivity index (χ3n) is 3.48. The van der Waals surface area contributed by atoms with Crippen LogP contribution in [-0.2, 0) is 4.74 Å². The van der Waals surface area contributed by atoms with Crippen molar-refractivity contribution < 1.29 is 14.3 Å². The lowest BCUT2D eigenvalue weighted by Gasteiger charge is -2.17. The molecule has 0 atom stereocenters. The summed E-state index contributed by atoms with van der Waals surface area (Å²) >= 11 is 1.21. The van der Waals surface area contributed by atoms with Crippen molar-refractivity contribution in [1.29, 1.82) is 0 Å². The first-order chi connectivity index (χ1) is 10.4. The van der Waals surface area contributed by atoms with Gasteiger partial charge in [-0.2, -0.15) is 0 Å². The van der Waals surface area contributed by atoms with E-state index in [1.54, 1.807) is 17.9 Å². The van der Waals surface area contributed by atoms with Crippen molar-refractivity contribution in [2.45, 2.75) is 20.8 Å². The normalized spacial score (nSPS) is 10.7. The first-order valence-corrected chi connectivity index (χ1v) is 7.83. The van der Waals surface area contributed by atoms with Crippen molar-refractivity contribution in [1.82, 2.24) is 9.88 Å². The van der Waals surface area contributed by atoms with Crippen LogP contribution in [0.4, 0.5) is 5.69 Å². The summed E-state index contributed by atoms with van der Waals surface area (Å²) in [5.74, 6) is -0.624. The summed E-state index contributed by atoms with van der Waals surface area (Å²) in [4.78, 5) is 31.6. The Balaban J connectivity index is 2.68. The van der Waals surface area contributed by atoms with Crippen molar-refractivity contribution in [3.8, 4) is 0 Å². The molecule has 0 radical (unpaired) electrons. The Morgan fingerprint density at radius 2 is 2.00 bits per heavy atom.